The van der Waals surface area contributed by atoms with E-state index >= 15 is 0 Å². The second-order valence-corrected chi connectivity index (χ2v) is 4.71. The Kier molecular flexibility index (Phi) is 4.93. The fourth-order valence-corrected chi connectivity index (χ4v) is 2.36. The van der Waals surface area contributed by atoms with Crippen LogP contribution >= 0.6 is 27.5 Å². The number of unbranched alkanes of at least 4 members (excludes halogenated alkanes) is 1. The van der Waals surface area contributed by atoms with Crippen LogP contribution in [0.25, 0.3) is 0 Å². The molecule has 0 fully saturated rings. The van der Waals surface area contributed by atoms with E-state index in [2.05, 4.69) is 22.9 Å². The Bertz CT molecular complexity index is 301. The van der Waals surface area contributed by atoms with Crippen LogP contribution in [0.1, 0.15) is 37.8 Å². The molecule has 0 bridgehead atoms. The van der Waals surface area contributed by atoms with Crippen molar-refractivity contribution in [2.24, 2.45) is 5.73 Å². The van der Waals surface area contributed by atoms with Gasteiger partial charge in [-0.1, -0.05) is 53.4 Å². The van der Waals surface area contributed by atoms with Gasteiger partial charge in [0, 0.05) is 15.5 Å². The van der Waals surface area contributed by atoms with Crippen LogP contribution in [-0.4, -0.2) is 0 Å². The third kappa shape index (κ3) is 3.26. The van der Waals surface area contributed by atoms with Gasteiger partial charge in [0.25, 0.3) is 0 Å². The Hall–Kier alpha value is -0.0500. The third-order valence-corrected chi connectivity index (χ3v) is 3.15. The van der Waals surface area contributed by atoms with Gasteiger partial charge in [0.1, 0.15) is 0 Å². The molecule has 0 aromatic heterocycles. The van der Waals surface area contributed by atoms with Crippen molar-refractivity contribution in [3.8, 4) is 0 Å². The molecular formula is C11H15BrClN. The molecule has 0 spiro atoms. The zero-order chi connectivity index (χ0) is 10.6. The van der Waals surface area contributed by atoms with Gasteiger partial charge in [-0.2, -0.15) is 0 Å². The Balaban J connectivity index is 2.74. The molecule has 1 nitrogen and oxygen atoms in total. The number of hydrogen-bond acceptors (Lipinski definition) is 1. The van der Waals surface area contributed by atoms with Crippen LogP contribution in [0.4, 0.5) is 0 Å². The van der Waals surface area contributed by atoms with Gasteiger partial charge in [-0.25, -0.2) is 0 Å². The van der Waals surface area contributed by atoms with Gasteiger partial charge >= 0.3 is 0 Å². The molecule has 2 N–H and O–H groups in total. The van der Waals surface area contributed by atoms with Crippen molar-refractivity contribution in [2.75, 3.05) is 0 Å². The molecule has 1 rings (SSSR count). The standard InChI is InChI=1S/C11H15BrClN/c1-2-3-4-11(14)9-6-5-8(13)7-10(9)12/h5-7,11H,2-4,14H2,1H3/t11-/m1/s1. The smallest absolute Gasteiger partial charge is 0.0417 e. The maximum Gasteiger partial charge on any atom is 0.0417 e. The minimum absolute atomic E-state index is 0.113. The Morgan fingerprint density at radius 1 is 1.50 bits per heavy atom. The van der Waals surface area contributed by atoms with Gasteiger partial charge in [-0.15, -0.1) is 0 Å². The number of rotatable bonds is 4. The average Bonchev–Trinajstić information content (AvgIpc) is 2.14. The van der Waals surface area contributed by atoms with Gasteiger partial charge in [-0.3, -0.25) is 0 Å². The molecule has 0 saturated heterocycles. The Morgan fingerprint density at radius 2 is 2.21 bits per heavy atom. The van der Waals surface area contributed by atoms with E-state index in [-0.39, 0.29) is 6.04 Å². The lowest BCUT2D eigenvalue weighted by molar-refractivity contribution is 0.602. The van der Waals surface area contributed by atoms with Crippen molar-refractivity contribution in [3.63, 3.8) is 0 Å². The lowest BCUT2D eigenvalue weighted by Crippen LogP contribution is -2.10. The average molecular weight is 277 g/mol. The van der Waals surface area contributed by atoms with Gasteiger partial charge in [-0.05, 0) is 24.1 Å². The molecule has 1 aromatic rings. The van der Waals surface area contributed by atoms with E-state index < -0.39 is 0 Å². The van der Waals surface area contributed by atoms with Crippen LogP contribution in [0.5, 0.6) is 0 Å². The topological polar surface area (TPSA) is 26.0 Å². The molecule has 14 heavy (non-hydrogen) atoms. The lowest BCUT2D eigenvalue weighted by Gasteiger charge is -2.13. The summed E-state index contributed by atoms with van der Waals surface area (Å²) in [5.41, 5.74) is 7.20. The summed E-state index contributed by atoms with van der Waals surface area (Å²) in [6.07, 6.45) is 3.37. The Morgan fingerprint density at radius 3 is 2.79 bits per heavy atom. The monoisotopic (exact) mass is 275 g/mol. The molecule has 0 aliphatic carbocycles. The minimum atomic E-state index is 0.113. The molecule has 1 aromatic carbocycles. The highest BCUT2D eigenvalue weighted by atomic mass is 79.9. The van der Waals surface area contributed by atoms with E-state index in [0.29, 0.717) is 0 Å². The van der Waals surface area contributed by atoms with Crippen LogP contribution < -0.4 is 5.73 Å². The molecule has 1 atom stereocenters. The molecule has 0 aliphatic rings. The third-order valence-electron chi connectivity index (χ3n) is 2.23. The maximum atomic E-state index is 6.06. The normalized spacial score (nSPS) is 12.9. The summed E-state index contributed by atoms with van der Waals surface area (Å²) in [5.74, 6) is 0. The molecule has 0 saturated carbocycles. The zero-order valence-electron chi connectivity index (χ0n) is 8.26. The summed E-state index contributed by atoms with van der Waals surface area (Å²) < 4.78 is 1.01. The summed E-state index contributed by atoms with van der Waals surface area (Å²) in [7, 11) is 0. The molecule has 3 heteroatoms. The summed E-state index contributed by atoms with van der Waals surface area (Å²) in [6.45, 7) is 2.17. The zero-order valence-corrected chi connectivity index (χ0v) is 10.6. The first-order valence-electron chi connectivity index (χ1n) is 4.85. The molecule has 0 aliphatic heterocycles. The molecule has 0 heterocycles. The summed E-state index contributed by atoms with van der Waals surface area (Å²) >= 11 is 9.33. The second kappa shape index (κ2) is 5.74. The van der Waals surface area contributed by atoms with Crippen molar-refractivity contribution in [1.29, 1.82) is 0 Å². The van der Waals surface area contributed by atoms with E-state index in [0.717, 1.165) is 27.9 Å². The van der Waals surface area contributed by atoms with Crippen molar-refractivity contribution in [3.05, 3.63) is 33.3 Å². The Labute approximate surface area is 98.8 Å². The predicted molar refractivity (Wildman–Crippen MR) is 65.6 cm³/mol. The number of nitrogens with two attached hydrogens (primary N) is 1. The van der Waals surface area contributed by atoms with Crippen molar-refractivity contribution in [1.82, 2.24) is 0 Å². The first-order valence-corrected chi connectivity index (χ1v) is 6.02. The second-order valence-electron chi connectivity index (χ2n) is 3.41. The first kappa shape index (κ1) is 12.0. The number of benzene rings is 1. The van der Waals surface area contributed by atoms with Gasteiger partial charge in [0.15, 0.2) is 0 Å². The molecular weight excluding hydrogens is 261 g/mol. The van der Waals surface area contributed by atoms with Crippen LogP contribution in [-0.2, 0) is 0 Å². The highest BCUT2D eigenvalue weighted by Crippen LogP contribution is 2.27. The van der Waals surface area contributed by atoms with Gasteiger partial charge in [0.05, 0.1) is 0 Å². The maximum absolute atomic E-state index is 6.06. The number of halogens is 2. The molecule has 0 amide bonds. The molecule has 0 radical (unpaired) electrons. The highest BCUT2D eigenvalue weighted by Gasteiger charge is 2.09. The largest absolute Gasteiger partial charge is 0.324 e. The van der Waals surface area contributed by atoms with Crippen LogP contribution in [0.2, 0.25) is 5.02 Å². The fourth-order valence-electron chi connectivity index (χ4n) is 1.38. The quantitative estimate of drug-likeness (QED) is 0.872. The van der Waals surface area contributed by atoms with E-state index in [1.807, 2.05) is 18.2 Å². The van der Waals surface area contributed by atoms with Crippen LogP contribution in [0, 0.1) is 0 Å². The van der Waals surface area contributed by atoms with Gasteiger partial charge in [0.2, 0.25) is 0 Å². The minimum Gasteiger partial charge on any atom is -0.324 e. The van der Waals surface area contributed by atoms with E-state index in [9.17, 15) is 0 Å². The molecule has 0 unspecified atom stereocenters. The van der Waals surface area contributed by atoms with E-state index in [1.54, 1.807) is 0 Å². The van der Waals surface area contributed by atoms with Crippen LogP contribution in [0.15, 0.2) is 22.7 Å². The highest BCUT2D eigenvalue weighted by molar-refractivity contribution is 9.10. The first-order chi connectivity index (χ1) is 6.65. The van der Waals surface area contributed by atoms with E-state index in [1.165, 1.54) is 6.42 Å². The fraction of sp³-hybridized carbons (Fsp3) is 0.455. The SMILES string of the molecule is CCCC[C@@H](N)c1ccc(Cl)cc1Br. The lowest BCUT2D eigenvalue weighted by atomic mass is 10.0. The summed E-state index contributed by atoms with van der Waals surface area (Å²) in [4.78, 5) is 0. The van der Waals surface area contributed by atoms with Crippen LogP contribution in [0.3, 0.4) is 0 Å². The summed E-state index contributed by atoms with van der Waals surface area (Å²) in [6, 6.07) is 5.88. The summed E-state index contributed by atoms with van der Waals surface area (Å²) in [5, 5.41) is 0.739. The van der Waals surface area contributed by atoms with Gasteiger partial charge < -0.3 is 5.73 Å². The van der Waals surface area contributed by atoms with E-state index in [4.69, 9.17) is 17.3 Å². The van der Waals surface area contributed by atoms with Crippen molar-refractivity contribution < 1.29 is 0 Å². The predicted octanol–water partition coefficient (Wildman–Crippen LogP) is 4.29. The van der Waals surface area contributed by atoms with Crippen molar-refractivity contribution >= 4 is 27.5 Å². The van der Waals surface area contributed by atoms with Crippen molar-refractivity contribution in [2.45, 2.75) is 32.2 Å². The molecule has 78 valence electrons. The number of hydrogen-bond donors (Lipinski definition) is 1.